The highest BCUT2D eigenvalue weighted by Gasteiger charge is 2.47. The van der Waals surface area contributed by atoms with E-state index >= 15 is 0 Å². The summed E-state index contributed by atoms with van der Waals surface area (Å²) in [5, 5.41) is 20.3. The van der Waals surface area contributed by atoms with Gasteiger partial charge in [0.1, 0.15) is 0 Å². The molecule has 4 nitrogen and oxygen atoms in total. The van der Waals surface area contributed by atoms with Gasteiger partial charge < -0.3 is 15.1 Å². The molecule has 1 aromatic carbocycles. The predicted molar refractivity (Wildman–Crippen MR) is 97.4 cm³/mol. The van der Waals surface area contributed by atoms with Crippen LogP contribution >= 0.6 is 0 Å². The first-order valence-electron chi connectivity index (χ1n) is 9.22. The van der Waals surface area contributed by atoms with Crippen LogP contribution in [0.15, 0.2) is 48.7 Å². The lowest BCUT2D eigenvalue weighted by Crippen LogP contribution is -2.32. The molecule has 1 aliphatic carbocycles. The van der Waals surface area contributed by atoms with Gasteiger partial charge in [-0.3, -0.25) is 0 Å². The van der Waals surface area contributed by atoms with Gasteiger partial charge in [-0.15, -0.1) is 0 Å². The van der Waals surface area contributed by atoms with E-state index in [0.29, 0.717) is 11.8 Å². The number of likely N-dealkylation sites (tertiary alicyclic amines) is 1. The molecule has 0 radical (unpaired) electrons. The zero-order valence-corrected chi connectivity index (χ0v) is 14.5. The van der Waals surface area contributed by atoms with Crippen LogP contribution in [-0.2, 0) is 12.8 Å². The predicted octanol–water partition coefficient (Wildman–Crippen LogP) is 2.65. The van der Waals surface area contributed by atoms with Crippen LogP contribution in [0.1, 0.15) is 24.0 Å². The van der Waals surface area contributed by atoms with Crippen LogP contribution in [0.3, 0.4) is 0 Å². The van der Waals surface area contributed by atoms with Gasteiger partial charge in [0, 0.05) is 38.3 Å². The van der Waals surface area contributed by atoms with Crippen LogP contribution in [0.4, 0.5) is 0 Å². The van der Waals surface area contributed by atoms with E-state index in [4.69, 9.17) is 0 Å². The van der Waals surface area contributed by atoms with Crippen molar-refractivity contribution in [2.75, 3.05) is 19.6 Å². The second-order valence-electron chi connectivity index (χ2n) is 7.85. The molecule has 2 heterocycles. The largest absolute Gasteiger partial charge is 0.493 e. The van der Waals surface area contributed by atoms with Gasteiger partial charge in [0.05, 0.1) is 5.60 Å². The summed E-state index contributed by atoms with van der Waals surface area (Å²) in [6.45, 7) is 3.21. The molecular formula is C21H26N2O2. The number of fused-ring (bicyclic) bond motifs is 1. The zero-order chi connectivity index (χ0) is 17.3. The molecule has 1 saturated heterocycles. The molecule has 2 aliphatic rings. The standard InChI is InChI=1S/C21H26N2O2/c24-20-7-6-17(13-22-20)8-9-23-14-18-11-21(25,12-19(18)15-23)10-16-4-2-1-3-5-16/h1-7,13,18-19,25H,8-12,14-15H2,(H,22,24)/t18-,19+,21-. The molecule has 2 aromatic rings. The summed E-state index contributed by atoms with van der Waals surface area (Å²) < 4.78 is 0. The van der Waals surface area contributed by atoms with Gasteiger partial charge in [-0.05, 0) is 42.2 Å². The number of hydrogen-bond acceptors (Lipinski definition) is 4. The summed E-state index contributed by atoms with van der Waals surface area (Å²) in [6.07, 6.45) is 5.33. The van der Waals surface area contributed by atoms with Gasteiger partial charge >= 0.3 is 0 Å². The minimum atomic E-state index is -0.524. The minimum Gasteiger partial charge on any atom is -0.493 e. The number of aliphatic hydroxyl groups is 1. The molecule has 3 atom stereocenters. The summed E-state index contributed by atoms with van der Waals surface area (Å²) >= 11 is 0. The third-order valence-electron chi connectivity index (χ3n) is 5.84. The van der Waals surface area contributed by atoms with Crippen LogP contribution in [0.25, 0.3) is 0 Å². The Kier molecular flexibility index (Phi) is 4.48. The Balaban J connectivity index is 1.29. The van der Waals surface area contributed by atoms with Gasteiger partial charge in [0.25, 0.3) is 0 Å². The lowest BCUT2D eigenvalue weighted by Gasteiger charge is -2.26. The highest BCUT2D eigenvalue weighted by Crippen LogP contribution is 2.45. The van der Waals surface area contributed by atoms with E-state index in [9.17, 15) is 10.2 Å². The molecule has 1 aromatic heterocycles. The molecular weight excluding hydrogens is 312 g/mol. The first kappa shape index (κ1) is 16.6. The van der Waals surface area contributed by atoms with Crippen molar-refractivity contribution in [2.45, 2.75) is 31.3 Å². The molecule has 4 rings (SSSR count). The Morgan fingerprint density at radius 3 is 2.36 bits per heavy atom. The summed E-state index contributed by atoms with van der Waals surface area (Å²) in [7, 11) is 0. The van der Waals surface area contributed by atoms with Gasteiger partial charge in [0.15, 0.2) is 0 Å². The molecule has 0 unspecified atom stereocenters. The molecule has 0 bridgehead atoms. The topological polar surface area (TPSA) is 56.6 Å². The van der Waals surface area contributed by atoms with Crippen LogP contribution in [0, 0.1) is 11.8 Å². The quantitative estimate of drug-likeness (QED) is 0.880. The molecule has 132 valence electrons. The van der Waals surface area contributed by atoms with Crippen LogP contribution < -0.4 is 0 Å². The number of benzene rings is 1. The molecule has 2 fully saturated rings. The number of pyridine rings is 1. The summed E-state index contributed by atoms with van der Waals surface area (Å²) in [4.78, 5) is 6.46. The van der Waals surface area contributed by atoms with Crippen molar-refractivity contribution in [1.29, 1.82) is 0 Å². The third kappa shape index (κ3) is 3.86. The third-order valence-corrected chi connectivity index (χ3v) is 5.84. The van der Waals surface area contributed by atoms with Crippen LogP contribution in [0.2, 0.25) is 0 Å². The summed E-state index contributed by atoms with van der Waals surface area (Å²) in [6, 6.07) is 13.9. The van der Waals surface area contributed by atoms with Crippen molar-refractivity contribution in [3.63, 3.8) is 0 Å². The van der Waals surface area contributed by atoms with Crippen molar-refractivity contribution in [2.24, 2.45) is 11.8 Å². The Bertz CT molecular complexity index is 688. The lowest BCUT2D eigenvalue weighted by molar-refractivity contribution is 0.0355. The number of aromatic hydroxyl groups is 1. The monoisotopic (exact) mass is 338 g/mol. The molecule has 0 amide bonds. The number of rotatable bonds is 5. The molecule has 4 heteroatoms. The number of nitrogens with zero attached hydrogens (tertiary/aromatic N) is 2. The van der Waals surface area contributed by atoms with E-state index in [-0.39, 0.29) is 5.88 Å². The van der Waals surface area contributed by atoms with E-state index in [2.05, 4.69) is 22.0 Å². The van der Waals surface area contributed by atoms with Crippen molar-refractivity contribution in [1.82, 2.24) is 9.88 Å². The minimum absolute atomic E-state index is 0.0807. The van der Waals surface area contributed by atoms with E-state index in [0.717, 1.165) is 50.9 Å². The Hall–Kier alpha value is -1.91. The smallest absolute Gasteiger partial charge is 0.210 e. The van der Waals surface area contributed by atoms with Gasteiger partial charge in [-0.1, -0.05) is 36.4 Å². The fraction of sp³-hybridized carbons (Fsp3) is 0.476. The average Bonchev–Trinajstić information content (AvgIpc) is 3.09. The highest BCUT2D eigenvalue weighted by molar-refractivity contribution is 5.19. The van der Waals surface area contributed by atoms with Gasteiger partial charge in [-0.2, -0.15) is 0 Å². The molecule has 1 saturated carbocycles. The number of aromatic nitrogens is 1. The number of hydrogen-bond donors (Lipinski definition) is 2. The van der Waals surface area contributed by atoms with E-state index in [1.165, 1.54) is 5.56 Å². The maximum Gasteiger partial charge on any atom is 0.210 e. The van der Waals surface area contributed by atoms with Gasteiger partial charge in [-0.25, -0.2) is 4.98 Å². The lowest BCUT2D eigenvalue weighted by atomic mass is 9.91. The van der Waals surface area contributed by atoms with E-state index in [1.54, 1.807) is 12.3 Å². The fourth-order valence-electron chi connectivity index (χ4n) is 4.71. The second kappa shape index (κ2) is 6.77. The van der Waals surface area contributed by atoms with Crippen molar-refractivity contribution in [3.8, 4) is 5.88 Å². The average molecular weight is 338 g/mol. The van der Waals surface area contributed by atoms with Crippen molar-refractivity contribution in [3.05, 3.63) is 59.8 Å². The molecule has 25 heavy (non-hydrogen) atoms. The fourth-order valence-corrected chi connectivity index (χ4v) is 4.71. The highest BCUT2D eigenvalue weighted by atomic mass is 16.3. The molecule has 2 N–H and O–H groups in total. The normalized spacial score (nSPS) is 29.0. The first-order valence-corrected chi connectivity index (χ1v) is 9.22. The SMILES string of the molecule is Oc1ccc(CCN2C[C@@H]3C[C@@](O)(Cc4ccccc4)C[C@@H]3C2)cn1. The molecule has 1 aliphatic heterocycles. The summed E-state index contributed by atoms with van der Waals surface area (Å²) in [5.41, 5.74) is 1.88. The van der Waals surface area contributed by atoms with Crippen molar-refractivity contribution >= 4 is 0 Å². The maximum absolute atomic E-state index is 11.0. The zero-order valence-electron chi connectivity index (χ0n) is 14.5. The van der Waals surface area contributed by atoms with Crippen LogP contribution in [0.5, 0.6) is 5.88 Å². The van der Waals surface area contributed by atoms with E-state index in [1.807, 2.05) is 24.3 Å². The Morgan fingerprint density at radius 1 is 1.00 bits per heavy atom. The van der Waals surface area contributed by atoms with Gasteiger partial charge in [0.2, 0.25) is 5.88 Å². The second-order valence-corrected chi connectivity index (χ2v) is 7.85. The Morgan fingerprint density at radius 2 is 1.72 bits per heavy atom. The molecule has 0 spiro atoms. The van der Waals surface area contributed by atoms with Crippen molar-refractivity contribution < 1.29 is 10.2 Å². The Labute approximate surface area is 149 Å². The first-order chi connectivity index (χ1) is 12.1. The van der Waals surface area contributed by atoms with Crippen LogP contribution in [-0.4, -0.2) is 45.3 Å². The maximum atomic E-state index is 11.0. The summed E-state index contributed by atoms with van der Waals surface area (Å²) in [5.74, 6) is 1.32. The van der Waals surface area contributed by atoms with E-state index < -0.39 is 5.60 Å².